The van der Waals surface area contributed by atoms with Crippen LogP contribution in [0.2, 0.25) is 0 Å². The summed E-state index contributed by atoms with van der Waals surface area (Å²) in [5, 5.41) is 11.0. The molecule has 6 fully saturated rings. The molecule has 0 aliphatic heterocycles. The molecule has 2 heteroatoms. The summed E-state index contributed by atoms with van der Waals surface area (Å²) < 4.78 is 0. The molecule has 0 radical (unpaired) electrons. The van der Waals surface area contributed by atoms with Gasteiger partial charge in [-0.15, -0.1) is 0 Å². The van der Waals surface area contributed by atoms with E-state index in [1.807, 2.05) is 0 Å². The first-order chi connectivity index (χ1) is 13.4. The highest BCUT2D eigenvalue weighted by molar-refractivity contribution is 5.79. The summed E-state index contributed by atoms with van der Waals surface area (Å²) in [5.74, 6) is 4.20. The van der Waals surface area contributed by atoms with Crippen molar-refractivity contribution in [3.63, 3.8) is 0 Å². The van der Waals surface area contributed by atoms with Crippen LogP contribution in [-0.2, 0) is 4.79 Å². The van der Waals surface area contributed by atoms with E-state index in [9.17, 15) is 9.90 Å². The third kappa shape index (κ3) is 1.94. The number of carboxylic acids is 1. The van der Waals surface area contributed by atoms with Gasteiger partial charge in [0.05, 0.1) is 5.41 Å². The van der Waals surface area contributed by atoms with Crippen molar-refractivity contribution in [3.8, 4) is 0 Å². The number of allylic oxidation sites excluding steroid dienone is 2. The van der Waals surface area contributed by atoms with Gasteiger partial charge >= 0.3 is 5.97 Å². The van der Waals surface area contributed by atoms with Crippen molar-refractivity contribution >= 4 is 5.97 Å². The molecule has 0 heterocycles. The van der Waals surface area contributed by atoms with Gasteiger partial charge in [-0.05, 0) is 104 Å². The lowest BCUT2D eigenvalue weighted by Gasteiger charge is -2.67. The molecule has 6 saturated carbocycles. The Hall–Kier alpha value is -0.790. The first-order valence-electron chi connectivity index (χ1n) is 12.3. The molecule has 7 rings (SSSR count). The number of rotatable bonds is 3. The van der Waals surface area contributed by atoms with Gasteiger partial charge in [-0.1, -0.05) is 45.3 Å². The second-order valence-corrected chi connectivity index (χ2v) is 12.3. The van der Waals surface area contributed by atoms with Crippen LogP contribution >= 0.6 is 0 Å². The van der Waals surface area contributed by atoms with Crippen LogP contribution in [-0.4, -0.2) is 11.1 Å². The van der Waals surface area contributed by atoms with E-state index in [0.717, 1.165) is 42.9 Å². The van der Waals surface area contributed by atoms with E-state index in [1.54, 1.807) is 0 Å². The maximum atomic E-state index is 13.4. The number of carbonyl (C=O) groups is 1. The number of hydrogen-bond donors (Lipinski definition) is 1. The average molecular weight is 383 g/mol. The van der Waals surface area contributed by atoms with Gasteiger partial charge in [-0.3, -0.25) is 4.79 Å². The summed E-state index contributed by atoms with van der Waals surface area (Å²) in [6.45, 7) is 4.98. The Balaban J connectivity index is 1.51. The zero-order valence-electron chi connectivity index (χ0n) is 17.8. The van der Waals surface area contributed by atoms with Gasteiger partial charge in [0, 0.05) is 0 Å². The van der Waals surface area contributed by atoms with Gasteiger partial charge in [0.25, 0.3) is 0 Å². The van der Waals surface area contributed by atoms with Crippen molar-refractivity contribution in [3.05, 3.63) is 12.2 Å². The molecule has 6 bridgehead atoms. The van der Waals surface area contributed by atoms with Crippen LogP contribution in [0.3, 0.4) is 0 Å². The summed E-state index contributed by atoms with van der Waals surface area (Å²) in [6.07, 6.45) is 19.0. The summed E-state index contributed by atoms with van der Waals surface area (Å²) in [7, 11) is 0. The smallest absolute Gasteiger partial charge is 0.311 e. The van der Waals surface area contributed by atoms with Crippen molar-refractivity contribution in [1.29, 1.82) is 0 Å². The molecule has 0 saturated heterocycles. The fourth-order valence-electron chi connectivity index (χ4n) is 10.7. The Morgan fingerprint density at radius 1 is 0.857 bits per heavy atom. The van der Waals surface area contributed by atoms with E-state index < -0.39 is 11.4 Å². The monoisotopic (exact) mass is 382 g/mol. The summed E-state index contributed by atoms with van der Waals surface area (Å²) in [6, 6.07) is 0. The molecule has 1 N–H and O–H groups in total. The highest BCUT2D eigenvalue weighted by Gasteiger charge is 2.74. The maximum Gasteiger partial charge on any atom is 0.311 e. The molecule has 7 aliphatic carbocycles. The van der Waals surface area contributed by atoms with Crippen molar-refractivity contribution in [2.75, 3.05) is 0 Å². The fourth-order valence-corrected chi connectivity index (χ4v) is 10.7. The van der Waals surface area contributed by atoms with E-state index in [0.29, 0.717) is 11.8 Å². The van der Waals surface area contributed by atoms with Gasteiger partial charge in [0.1, 0.15) is 0 Å². The van der Waals surface area contributed by atoms with Gasteiger partial charge in [0.15, 0.2) is 0 Å². The number of aliphatic carboxylic acids is 1. The molecule has 0 aromatic rings. The van der Waals surface area contributed by atoms with Crippen molar-refractivity contribution in [1.82, 2.24) is 0 Å². The second kappa shape index (κ2) is 5.67. The molecule has 4 atom stereocenters. The first-order valence-corrected chi connectivity index (χ1v) is 12.3. The summed E-state index contributed by atoms with van der Waals surface area (Å²) in [5.41, 5.74) is -0.295. The minimum absolute atomic E-state index is 0.0242. The molecular weight excluding hydrogens is 344 g/mol. The van der Waals surface area contributed by atoms with Crippen LogP contribution in [0.1, 0.15) is 84.5 Å². The standard InChI is InChI=1S/C26H38O2/c1-24(8-4-3-5-9-24)26(23(27)28)19-7-6-18(15-19)22(26)25(2)20-11-16-10-17(13-20)14-21(25)12-16/h6-7,16-22H,3-5,8-15H2,1-2H3,(H,27,28). The summed E-state index contributed by atoms with van der Waals surface area (Å²) in [4.78, 5) is 13.4. The zero-order valence-corrected chi connectivity index (χ0v) is 17.8. The summed E-state index contributed by atoms with van der Waals surface area (Å²) >= 11 is 0. The van der Waals surface area contributed by atoms with E-state index in [4.69, 9.17) is 0 Å². The predicted octanol–water partition coefficient (Wildman–Crippen LogP) is 6.31. The highest BCUT2D eigenvalue weighted by Crippen LogP contribution is 2.76. The molecule has 0 amide bonds. The largest absolute Gasteiger partial charge is 0.481 e. The van der Waals surface area contributed by atoms with E-state index in [1.165, 1.54) is 51.4 Å². The van der Waals surface area contributed by atoms with Crippen LogP contribution in [0, 0.1) is 57.7 Å². The number of hydrogen-bond acceptors (Lipinski definition) is 1. The van der Waals surface area contributed by atoms with E-state index >= 15 is 0 Å². The molecule has 28 heavy (non-hydrogen) atoms. The van der Waals surface area contributed by atoms with Crippen LogP contribution in [0.15, 0.2) is 12.2 Å². The van der Waals surface area contributed by atoms with E-state index in [2.05, 4.69) is 26.0 Å². The SMILES string of the molecule is CC1(C2C3C=CC(C3)C2(C(=O)O)C2(C)CCCCC2)C2CC3CC(C2)CC1C3. The van der Waals surface area contributed by atoms with Gasteiger partial charge in [-0.25, -0.2) is 0 Å². The predicted molar refractivity (Wildman–Crippen MR) is 111 cm³/mol. The third-order valence-electron chi connectivity index (χ3n) is 11.5. The lowest BCUT2D eigenvalue weighted by molar-refractivity contribution is -0.207. The molecule has 0 aromatic carbocycles. The first kappa shape index (κ1) is 18.0. The molecule has 2 nitrogen and oxygen atoms in total. The molecule has 7 aliphatic rings. The Morgan fingerprint density at radius 3 is 2.04 bits per heavy atom. The molecular formula is C26H38O2. The van der Waals surface area contributed by atoms with Gasteiger partial charge in [0.2, 0.25) is 0 Å². The topological polar surface area (TPSA) is 37.3 Å². The van der Waals surface area contributed by atoms with Crippen molar-refractivity contribution < 1.29 is 9.90 Å². The Kier molecular flexibility index (Phi) is 3.65. The van der Waals surface area contributed by atoms with Crippen LogP contribution in [0.4, 0.5) is 0 Å². The number of carboxylic acid groups (broad SMARTS) is 1. The number of fused-ring (bicyclic) bond motifs is 2. The minimum Gasteiger partial charge on any atom is -0.481 e. The van der Waals surface area contributed by atoms with Crippen LogP contribution in [0.5, 0.6) is 0 Å². The molecule has 4 unspecified atom stereocenters. The normalized spacial score (nSPS) is 55.7. The van der Waals surface area contributed by atoms with Gasteiger partial charge in [-0.2, -0.15) is 0 Å². The lowest BCUT2D eigenvalue weighted by Crippen LogP contribution is -2.64. The zero-order chi connectivity index (χ0) is 19.3. The highest BCUT2D eigenvalue weighted by atomic mass is 16.4. The van der Waals surface area contributed by atoms with Crippen molar-refractivity contribution in [2.24, 2.45) is 57.7 Å². The van der Waals surface area contributed by atoms with Crippen LogP contribution < -0.4 is 0 Å². The van der Waals surface area contributed by atoms with Crippen LogP contribution in [0.25, 0.3) is 0 Å². The maximum absolute atomic E-state index is 13.4. The minimum atomic E-state index is -0.517. The molecule has 154 valence electrons. The van der Waals surface area contributed by atoms with E-state index in [-0.39, 0.29) is 16.7 Å². The fraction of sp³-hybridized carbons (Fsp3) is 0.885. The Labute approximate surface area is 170 Å². The third-order valence-corrected chi connectivity index (χ3v) is 11.5. The molecule has 0 aromatic heterocycles. The molecule has 0 spiro atoms. The second-order valence-electron chi connectivity index (χ2n) is 12.3. The lowest BCUT2D eigenvalue weighted by atomic mass is 9.36. The Bertz CT molecular complexity index is 686. The van der Waals surface area contributed by atoms with Crippen molar-refractivity contribution in [2.45, 2.75) is 84.5 Å². The van der Waals surface area contributed by atoms with Gasteiger partial charge < -0.3 is 5.11 Å². The average Bonchev–Trinajstić information content (AvgIpc) is 3.26. The quantitative estimate of drug-likeness (QED) is 0.581. The Morgan fingerprint density at radius 2 is 1.46 bits per heavy atom.